The first-order valence-corrected chi connectivity index (χ1v) is 4.39. The van der Waals surface area contributed by atoms with Gasteiger partial charge >= 0.3 is 0 Å². The van der Waals surface area contributed by atoms with Gasteiger partial charge in [-0.15, -0.1) is 0 Å². The molecule has 0 aromatic carbocycles. The summed E-state index contributed by atoms with van der Waals surface area (Å²) in [5.74, 6) is 0.901. The van der Waals surface area contributed by atoms with E-state index >= 15 is 0 Å². The summed E-state index contributed by atoms with van der Waals surface area (Å²) in [7, 11) is 0. The quantitative estimate of drug-likeness (QED) is 0.555. The van der Waals surface area contributed by atoms with E-state index < -0.39 is 12.3 Å². The lowest BCUT2D eigenvalue weighted by Gasteiger charge is -2.29. The molecule has 3 atom stereocenters. The second-order valence-corrected chi connectivity index (χ2v) is 3.85. The normalized spacial score (nSPS) is 39.5. The number of halogens is 2. The van der Waals surface area contributed by atoms with Crippen LogP contribution in [0.15, 0.2) is 0 Å². The van der Waals surface area contributed by atoms with E-state index in [1.165, 1.54) is 0 Å². The standard InChI is InChI=1S/C9H16F2/c1-6(2)7-3-4-8(10)9(11)5-7/h6-9H,3-5H2,1-2H3. The fourth-order valence-corrected chi connectivity index (χ4v) is 1.71. The molecular weight excluding hydrogens is 146 g/mol. The SMILES string of the molecule is CC(C)C1CCC(F)C(F)C1. The molecule has 1 fully saturated rings. The first-order valence-electron chi connectivity index (χ1n) is 4.39. The van der Waals surface area contributed by atoms with Crippen molar-refractivity contribution in [3.8, 4) is 0 Å². The number of hydrogen-bond acceptors (Lipinski definition) is 0. The van der Waals surface area contributed by atoms with Crippen LogP contribution in [-0.2, 0) is 0 Å². The third-order valence-corrected chi connectivity index (χ3v) is 2.68. The molecule has 0 bridgehead atoms. The molecule has 0 radical (unpaired) electrons. The van der Waals surface area contributed by atoms with Gasteiger partial charge < -0.3 is 0 Å². The Bertz CT molecular complexity index is 123. The summed E-state index contributed by atoms with van der Waals surface area (Å²) in [6, 6.07) is 0. The van der Waals surface area contributed by atoms with E-state index in [4.69, 9.17) is 0 Å². The lowest BCUT2D eigenvalue weighted by Crippen LogP contribution is -2.29. The molecule has 1 rings (SSSR count). The summed E-state index contributed by atoms with van der Waals surface area (Å²) >= 11 is 0. The Balaban J connectivity index is 2.40. The maximum atomic E-state index is 12.8. The summed E-state index contributed by atoms with van der Waals surface area (Å²) in [5, 5.41) is 0. The molecule has 0 aromatic heterocycles. The molecule has 1 aliphatic carbocycles. The predicted octanol–water partition coefficient (Wildman–Crippen LogP) is 3.12. The molecule has 0 amide bonds. The molecule has 11 heavy (non-hydrogen) atoms. The predicted molar refractivity (Wildman–Crippen MR) is 42.0 cm³/mol. The Labute approximate surface area is 67.0 Å². The Hall–Kier alpha value is -0.140. The van der Waals surface area contributed by atoms with Crippen molar-refractivity contribution in [1.29, 1.82) is 0 Å². The smallest absolute Gasteiger partial charge is 0.131 e. The summed E-state index contributed by atoms with van der Waals surface area (Å²) in [6.45, 7) is 4.16. The van der Waals surface area contributed by atoms with E-state index in [9.17, 15) is 8.78 Å². The Kier molecular flexibility index (Phi) is 2.85. The first-order chi connectivity index (χ1) is 5.11. The fourth-order valence-electron chi connectivity index (χ4n) is 1.71. The van der Waals surface area contributed by atoms with Crippen LogP contribution in [0.3, 0.4) is 0 Å². The summed E-state index contributed by atoms with van der Waals surface area (Å²) < 4.78 is 25.5. The van der Waals surface area contributed by atoms with E-state index in [2.05, 4.69) is 13.8 Å². The lowest BCUT2D eigenvalue weighted by atomic mass is 9.80. The van der Waals surface area contributed by atoms with Crippen LogP contribution in [0.25, 0.3) is 0 Å². The van der Waals surface area contributed by atoms with Crippen molar-refractivity contribution >= 4 is 0 Å². The van der Waals surface area contributed by atoms with Crippen LogP contribution in [0.4, 0.5) is 8.78 Å². The molecule has 2 heteroatoms. The van der Waals surface area contributed by atoms with Crippen LogP contribution in [-0.4, -0.2) is 12.3 Å². The van der Waals surface area contributed by atoms with Crippen molar-refractivity contribution < 1.29 is 8.78 Å². The number of alkyl halides is 2. The highest BCUT2D eigenvalue weighted by atomic mass is 19.2. The van der Waals surface area contributed by atoms with Gasteiger partial charge in [0.2, 0.25) is 0 Å². The molecule has 1 aliphatic rings. The van der Waals surface area contributed by atoms with E-state index in [0.29, 0.717) is 24.7 Å². The lowest BCUT2D eigenvalue weighted by molar-refractivity contribution is 0.0746. The van der Waals surface area contributed by atoms with Gasteiger partial charge in [0.1, 0.15) is 12.3 Å². The zero-order valence-corrected chi connectivity index (χ0v) is 7.19. The van der Waals surface area contributed by atoms with Crippen molar-refractivity contribution in [3.05, 3.63) is 0 Å². The minimum atomic E-state index is -1.20. The molecule has 0 heterocycles. The molecule has 0 N–H and O–H groups in total. The summed E-state index contributed by atoms with van der Waals surface area (Å²) in [5.41, 5.74) is 0. The van der Waals surface area contributed by atoms with Crippen LogP contribution >= 0.6 is 0 Å². The molecule has 0 aromatic rings. The van der Waals surface area contributed by atoms with Crippen LogP contribution in [0.5, 0.6) is 0 Å². The molecule has 0 nitrogen and oxygen atoms in total. The van der Waals surface area contributed by atoms with E-state index in [1.54, 1.807) is 0 Å². The van der Waals surface area contributed by atoms with Gasteiger partial charge in [0.15, 0.2) is 0 Å². The monoisotopic (exact) mass is 162 g/mol. The molecule has 1 saturated carbocycles. The molecule has 66 valence electrons. The molecule has 0 spiro atoms. The maximum absolute atomic E-state index is 12.8. The van der Waals surface area contributed by atoms with Crippen molar-refractivity contribution in [1.82, 2.24) is 0 Å². The Morgan fingerprint density at radius 3 is 2.18 bits per heavy atom. The van der Waals surface area contributed by atoms with Gasteiger partial charge in [-0.1, -0.05) is 13.8 Å². The highest BCUT2D eigenvalue weighted by Crippen LogP contribution is 2.32. The van der Waals surface area contributed by atoms with Crippen LogP contribution in [0.1, 0.15) is 33.1 Å². The third kappa shape index (κ3) is 2.14. The molecule has 0 aliphatic heterocycles. The van der Waals surface area contributed by atoms with Crippen LogP contribution in [0.2, 0.25) is 0 Å². The Morgan fingerprint density at radius 1 is 1.09 bits per heavy atom. The zero-order valence-electron chi connectivity index (χ0n) is 7.19. The first kappa shape index (κ1) is 8.95. The van der Waals surface area contributed by atoms with Gasteiger partial charge in [-0.2, -0.15) is 0 Å². The zero-order chi connectivity index (χ0) is 8.43. The largest absolute Gasteiger partial charge is 0.244 e. The van der Waals surface area contributed by atoms with Gasteiger partial charge in [-0.3, -0.25) is 0 Å². The van der Waals surface area contributed by atoms with E-state index in [1.807, 2.05) is 0 Å². The highest BCUT2D eigenvalue weighted by Gasteiger charge is 2.31. The van der Waals surface area contributed by atoms with Crippen molar-refractivity contribution in [2.45, 2.75) is 45.5 Å². The second-order valence-electron chi connectivity index (χ2n) is 3.85. The minimum Gasteiger partial charge on any atom is -0.244 e. The van der Waals surface area contributed by atoms with Gasteiger partial charge in [-0.25, -0.2) is 8.78 Å². The molecule has 3 unspecified atom stereocenters. The average molecular weight is 162 g/mol. The average Bonchev–Trinajstić information content (AvgIpc) is 1.94. The van der Waals surface area contributed by atoms with Gasteiger partial charge in [-0.05, 0) is 31.1 Å². The highest BCUT2D eigenvalue weighted by molar-refractivity contribution is 4.80. The Morgan fingerprint density at radius 2 is 1.73 bits per heavy atom. The van der Waals surface area contributed by atoms with Gasteiger partial charge in [0.05, 0.1) is 0 Å². The summed E-state index contributed by atoms with van der Waals surface area (Å²) in [6.07, 6.45) is -0.677. The second kappa shape index (κ2) is 3.51. The number of rotatable bonds is 1. The van der Waals surface area contributed by atoms with Crippen LogP contribution in [0, 0.1) is 11.8 Å². The van der Waals surface area contributed by atoms with E-state index in [0.717, 1.165) is 6.42 Å². The fraction of sp³-hybridized carbons (Fsp3) is 1.00. The molecule has 0 saturated heterocycles. The topological polar surface area (TPSA) is 0 Å². The van der Waals surface area contributed by atoms with Gasteiger partial charge in [0.25, 0.3) is 0 Å². The van der Waals surface area contributed by atoms with E-state index in [-0.39, 0.29) is 0 Å². The van der Waals surface area contributed by atoms with Crippen LogP contribution < -0.4 is 0 Å². The third-order valence-electron chi connectivity index (χ3n) is 2.68. The van der Waals surface area contributed by atoms with Crippen molar-refractivity contribution in [2.75, 3.05) is 0 Å². The van der Waals surface area contributed by atoms with Crippen molar-refractivity contribution in [2.24, 2.45) is 11.8 Å². The van der Waals surface area contributed by atoms with Gasteiger partial charge in [0, 0.05) is 0 Å². The van der Waals surface area contributed by atoms with Crippen molar-refractivity contribution in [3.63, 3.8) is 0 Å². The maximum Gasteiger partial charge on any atom is 0.131 e. The summed E-state index contributed by atoms with van der Waals surface area (Å²) in [4.78, 5) is 0. The number of hydrogen-bond donors (Lipinski definition) is 0. The minimum absolute atomic E-state index is 0.400. The molecular formula is C9H16F2.